The molecule has 0 saturated heterocycles. The molecule has 0 aliphatic carbocycles. The van der Waals surface area contributed by atoms with Crippen molar-refractivity contribution in [3.05, 3.63) is 48.3 Å². The first-order valence-corrected chi connectivity index (χ1v) is 5.21. The Morgan fingerprint density at radius 3 is 3.13 bits per heavy atom. The number of nitrogens with one attached hydrogen (secondary N) is 1. The van der Waals surface area contributed by atoms with Crippen LogP contribution in [0.1, 0.15) is 12.6 Å². The van der Waals surface area contributed by atoms with E-state index in [0.29, 0.717) is 0 Å². The van der Waals surface area contributed by atoms with Crippen LogP contribution in [0, 0.1) is 0 Å². The minimum absolute atomic E-state index is 0.885. The van der Waals surface area contributed by atoms with Crippen LogP contribution in [0.2, 0.25) is 0 Å². The molecule has 2 heterocycles. The van der Waals surface area contributed by atoms with Crippen molar-refractivity contribution < 1.29 is 0 Å². The number of allylic oxidation sites excluding steroid dienone is 2. The predicted molar refractivity (Wildman–Crippen MR) is 61.7 cm³/mol. The van der Waals surface area contributed by atoms with Crippen LogP contribution in [-0.4, -0.2) is 23.1 Å². The molecule has 0 atom stereocenters. The lowest BCUT2D eigenvalue weighted by Gasteiger charge is -2.27. The minimum atomic E-state index is 0.885. The normalized spacial score (nSPS) is 15.3. The van der Waals surface area contributed by atoms with E-state index in [1.807, 2.05) is 24.4 Å². The molecule has 0 unspecified atom stereocenters. The highest BCUT2D eigenvalue weighted by Crippen LogP contribution is 2.17. The van der Waals surface area contributed by atoms with Gasteiger partial charge in [0.05, 0.1) is 17.9 Å². The Kier molecular flexibility index (Phi) is 3.15. The van der Waals surface area contributed by atoms with E-state index in [1.54, 1.807) is 0 Å². The summed E-state index contributed by atoms with van der Waals surface area (Å²) in [5.74, 6) is 0. The first-order chi connectivity index (χ1) is 7.42. The minimum Gasteiger partial charge on any atom is -0.302 e. The van der Waals surface area contributed by atoms with Gasteiger partial charge in [0, 0.05) is 12.7 Å². The summed E-state index contributed by atoms with van der Waals surface area (Å²) in [6, 6.07) is 5.96. The fourth-order valence-electron chi connectivity index (χ4n) is 1.59. The molecule has 3 nitrogen and oxygen atoms in total. The molecule has 0 bridgehead atoms. The molecule has 78 valence electrons. The second kappa shape index (κ2) is 4.75. The number of hydrazine groups is 1. The molecule has 0 aromatic carbocycles. The van der Waals surface area contributed by atoms with Crippen molar-refractivity contribution in [2.45, 2.75) is 6.92 Å². The lowest BCUT2D eigenvalue weighted by molar-refractivity contribution is 0.322. The third kappa shape index (κ3) is 2.25. The van der Waals surface area contributed by atoms with Gasteiger partial charge in [-0.3, -0.25) is 4.98 Å². The van der Waals surface area contributed by atoms with Crippen molar-refractivity contribution in [2.24, 2.45) is 0 Å². The standard InChI is InChI=1S/C12H15N3/c1-2-14-15-10-6-4-8-12(15)11-7-3-5-9-13-11/h3-9,14H,2,10H2,1H3. The average molecular weight is 201 g/mol. The lowest BCUT2D eigenvalue weighted by atomic mass is 10.2. The summed E-state index contributed by atoms with van der Waals surface area (Å²) >= 11 is 0. The Morgan fingerprint density at radius 1 is 1.47 bits per heavy atom. The number of pyridine rings is 1. The molecule has 0 saturated carbocycles. The molecule has 0 amide bonds. The maximum Gasteiger partial charge on any atom is 0.0876 e. The Bertz CT molecular complexity index is 368. The van der Waals surface area contributed by atoms with Crippen LogP contribution in [0.25, 0.3) is 5.70 Å². The fourth-order valence-corrected chi connectivity index (χ4v) is 1.59. The zero-order chi connectivity index (χ0) is 10.5. The summed E-state index contributed by atoms with van der Waals surface area (Å²) in [6.45, 7) is 3.89. The van der Waals surface area contributed by atoms with Gasteiger partial charge >= 0.3 is 0 Å². The molecule has 2 rings (SSSR count). The van der Waals surface area contributed by atoms with Gasteiger partial charge in [0.1, 0.15) is 0 Å². The van der Waals surface area contributed by atoms with Gasteiger partial charge in [-0.2, -0.15) is 0 Å². The van der Waals surface area contributed by atoms with Gasteiger partial charge in [0.25, 0.3) is 0 Å². The molecule has 1 N–H and O–H groups in total. The average Bonchev–Trinajstić information content (AvgIpc) is 2.31. The van der Waals surface area contributed by atoms with E-state index in [9.17, 15) is 0 Å². The molecule has 0 fully saturated rings. The van der Waals surface area contributed by atoms with Gasteiger partial charge in [-0.15, -0.1) is 0 Å². The second-order valence-electron chi connectivity index (χ2n) is 3.32. The number of rotatable bonds is 3. The molecule has 1 aromatic heterocycles. The largest absolute Gasteiger partial charge is 0.302 e. The highest BCUT2D eigenvalue weighted by molar-refractivity contribution is 5.63. The van der Waals surface area contributed by atoms with Crippen LogP contribution >= 0.6 is 0 Å². The van der Waals surface area contributed by atoms with Crippen LogP contribution in [0.4, 0.5) is 0 Å². The highest BCUT2D eigenvalue weighted by atomic mass is 15.5. The van der Waals surface area contributed by atoms with Gasteiger partial charge in [0.2, 0.25) is 0 Å². The molecular weight excluding hydrogens is 186 g/mol. The fraction of sp³-hybridized carbons (Fsp3) is 0.250. The van der Waals surface area contributed by atoms with Crippen LogP contribution in [0.3, 0.4) is 0 Å². The van der Waals surface area contributed by atoms with Crippen molar-refractivity contribution in [1.82, 2.24) is 15.4 Å². The van der Waals surface area contributed by atoms with Crippen LogP contribution in [0.15, 0.2) is 42.6 Å². The number of hydrogen-bond donors (Lipinski definition) is 1. The van der Waals surface area contributed by atoms with E-state index in [2.05, 4.69) is 40.6 Å². The van der Waals surface area contributed by atoms with Gasteiger partial charge in [-0.1, -0.05) is 25.1 Å². The van der Waals surface area contributed by atoms with Gasteiger partial charge < -0.3 is 5.01 Å². The number of nitrogens with zero attached hydrogens (tertiary/aromatic N) is 2. The first kappa shape index (κ1) is 9.93. The summed E-state index contributed by atoms with van der Waals surface area (Å²) in [6.07, 6.45) is 8.08. The maximum atomic E-state index is 4.35. The van der Waals surface area contributed by atoms with Crippen molar-refractivity contribution >= 4 is 5.70 Å². The van der Waals surface area contributed by atoms with Crippen molar-refractivity contribution in [1.29, 1.82) is 0 Å². The zero-order valence-electron chi connectivity index (χ0n) is 8.85. The van der Waals surface area contributed by atoms with Crippen LogP contribution in [-0.2, 0) is 0 Å². The molecule has 0 radical (unpaired) electrons. The van der Waals surface area contributed by atoms with Gasteiger partial charge in [0.15, 0.2) is 0 Å². The third-order valence-corrected chi connectivity index (χ3v) is 2.25. The van der Waals surface area contributed by atoms with E-state index in [-0.39, 0.29) is 0 Å². The second-order valence-corrected chi connectivity index (χ2v) is 3.32. The number of aromatic nitrogens is 1. The summed E-state index contributed by atoms with van der Waals surface area (Å²) in [5, 5.41) is 2.11. The zero-order valence-corrected chi connectivity index (χ0v) is 8.85. The quantitative estimate of drug-likeness (QED) is 0.808. The highest BCUT2D eigenvalue weighted by Gasteiger charge is 2.11. The van der Waals surface area contributed by atoms with Crippen molar-refractivity contribution in [3.63, 3.8) is 0 Å². The van der Waals surface area contributed by atoms with E-state index >= 15 is 0 Å². The molecular formula is C12H15N3. The number of hydrogen-bond acceptors (Lipinski definition) is 3. The SMILES string of the molecule is CCNN1CC=CC=C1c1ccccn1. The summed E-state index contributed by atoms with van der Waals surface area (Å²) in [4.78, 5) is 4.35. The molecule has 1 aliphatic heterocycles. The van der Waals surface area contributed by atoms with Crippen molar-refractivity contribution in [3.8, 4) is 0 Å². The monoisotopic (exact) mass is 201 g/mol. The van der Waals surface area contributed by atoms with Crippen LogP contribution in [0.5, 0.6) is 0 Å². The van der Waals surface area contributed by atoms with Gasteiger partial charge in [-0.25, -0.2) is 5.43 Å². The van der Waals surface area contributed by atoms with E-state index in [0.717, 1.165) is 24.5 Å². The van der Waals surface area contributed by atoms with Crippen LogP contribution < -0.4 is 5.43 Å². The molecule has 0 spiro atoms. The van der Waals surface area contributed by atoms with E-state index < -0.39 is 0 Å². The van der Waals surface area contributed by atoms with Crippen molar-refractivity contribution in [2.75, 3.05) is 13.1 Å². The Balaban J connectivity index is 2.25. The summed E-state index contributed by atoms with van der Waals surface area (Å²) in [7, 11) is 0. The Morgan fingerprint density at radius 2 is 2.40 bits per heavy atom. The first-order valence-electron chi connectivity index (χ1n) is 5.21. The topological polar surface area (TPSA) is 28.2 Å². The lowest BCUT2D eigenvalue weighted by Crippen LogP contribution is -2.37. The summed E-state index contributed by atoms with van der Waals surface area (Å²) < 4.78 is 0. The smallest absolute Gasteiger partial charge is 0.0876 e. The Hall–Kier alpha value is -1.61. The maximum absolute atomic E-state index is 4.35. The van der Waals surface area contributed by atoms with Gasteiger partial charge in [-0.05, 0) is 18.2 Å². The molecule has 15 heavy (non-hydrogen) atoms. The third-order valence-electron chi connectivity index (χ3n) is 2.25. The van der Waals surface area contributed by atoms with E-state index in [1.165, 1.54) is 0 Å². The Labute approximate surface area is 90.1 Å². The molecule has 3 heteroatoms. The molecule has 1 aromatic rings. The summed E-state index contributed by atoms with van der Waals surface area (Å²) in [5.41, 5.74) is 5.43. The van der Waals surface area contributed by atoms with E-state index in [4.69, 9.17) is 0 Å². The predicted octanol–water partition coefficient (Wildman–Crippen LogP) is 1.82. The molecule has 1 aliphatic rings.